The molecule has 0 amide bonds. The number of halogens is 4. The molecular weight excluding hydrogens is 217 g/mol. The van der Waals surface area contributed by atoms with E-state index in [1.165, 1.54) is 0 Å². The third-order valence-electron chi connectivity index (χ3n) is 2.07. The van der Waals surface area contributed by atoms with Gasteiger partial charge in [-0.1, -0.05) is 11.6 Å². The van der Waals surface area contributed by atoms with Gasteiger partial charge in [0.2, 0.25) is 0 Å². The van der Waals surface area contributed by atoms with Gasteiger partial charge in [0.25, 0.3) is 0 Å². The number of benzene rings is 1. The highest BCUT2D eigenvalue weighted by molar-refractivity contribution is 6.32. The van der Waals surface area contributed by atoms with Gasteiger partial charge in [-0.2, -0.15) is 13.2 Å². The second kappa shape index (κ2) is 3.05. The Bertz CT molecular complexity index is 373. The van der Waals surface area contributed by atoms with Crippen molar-refractivity contribution in [3.05, 3.63) is 28.3 Å². The van der Waals surface area contributed by atoms with Gasteiger partial charge in [0.1, 0.15) is 5.75 Å². The van der Waals surface area contributed by atoms with Gasteiger partial charge in [-0.05, 0) is 17.7 Å². The number of rotatable bonds is 0. The predicted octanol–water partition coefficient (Wildman–Crippen LogP) is 3.29. The fourth-order valence-electron chi connectivity index (χ4n) is 1.42. The zero-order chi connectivity index (χ0) is 10.3. The highest BCUT2D eigenvalue weighted by atomic mass is 35.5. The van der Waals surface area contributed by atoms with Crippen LogP contribution in [0.4, 0.5) is 13.2 Å². The van der Waals surface area contributed by atoms with Crippen LogP contribution in [0, 0.1) is 0 Å². The molecule has 2 rings (SSSR count). The highest BCUT2D eigenvalue weighted by Gasteiger charge is 2.33. The maximum absolute atomic E-state index is 12.3. The Labute approximate surface area is 83.4 Å². The summed E-state index contributed by atoms with van der Waals surface area (Å²) in [7, 11) is 0. The van der Waals surface area contributed by atoms with Gasteiger partial charge in [-0.3, -0.25) is 0 Å². The van der Waals surface area contributed by atoms with E-state index in [4.69, 9.17) is 16.3 Å². The summed E-state index contributed by atoms with van der Waals surface area (Å²) < 4.78 is 42.1. The minimum atomic E-state index is -4.35. The first-order valence-electron chi connectivity index (χ1n) is 4.01. The second-order valence-electron chi connectivity index (χ2n) is 3.04. The lowest BCUT2D eigenvalue weighted by Crippen LogP contribution is -2.05. The number of alkyl halides is 3. The molecule has 76 valence electrons. The fraction of sp³-hybridized carbons (Fsp3) is 0.333. The van der Waals surface area contributed by atoms with Crippen molar-refractivity contribution in [1.29, 1.82) is 0 Å². The van der Waals surface area contributed by atoms with Crippen molar-refractivity contribution in [1.82, 2.24) is 0 Å². The van der Waals surface area contributed by atoms with E-state index in [9.17, 15) is 13.2 Å². The quantitative estimate of drug-likeness (QED) is 0.655. The third-order valence-corrected chi connectivity index (χ3v) is 2.35. The summed E-state index contributed by atoms with van der Waals surface area (Å²) >= 11 is 5.66. The molecule has 1 aromatic carbocycles. The average Bonchev–Trinajstić information content (AvgIpc) is 2.50. The van der Waals surface area contributed by atoms with Crippen molar-refractivity contribution in [2.24, 2.45) is 0 Å². The first kappa shape index (κ1) is 9.65. The zero-order valence-corrected chi connectivity index (χ0v) is 7.74. The molecule has 0 saturated carbocycles. The summed E-state index contributed by atoms with van der Waals surface area (Å²) in [6.45, 7) is 0.399. The summed E-state index contributed by atoms with van der Waals surface area (Å²) in [4.78, 5) is 0. The topological polar surface area (TPSA) is 9.23 Å². The van der Waals surface area contributed by atoms with Gasteiger partial charge in [0, 0.05) is 6.42 Å². The lowest BCUT2D eigenvalue weighted by Gasteiger charge is -2.09. The van der Waals surface area contributed by atoms with Crippen molar-refractivity contribution in [3.8, 4) is 5.75 Å². The van der Waals surface area contributed by atoms with E-state index in [1.807, 2.05) is 0 Å². The molecule has 0 fully saturated rings. The fourth-order valence-corrected chi connectivity index (χ4v) is 1.72. The van der Waals surface area contributed by atoms with Crippen LogP contribution in [0.3, 0.4) is 0 Å². The summed E-state index contributed by atoms with van der Waals surface area (Å²) in [6.07, 6.45) is -3.86. The molecule has 0 aliphatic carbocycles. The third kappa shape index (κ3) is 1.54. The average molecular weight is 223 g/mol. The molecule has 14 heavy (non-hydrogen) atoms. The Morgan fingerprint density at radius 1 is 1.29 bits per heavy atom. The smallest absolute Gasteiger partial charge is 0.416 e. The zero-order valence-electron chi connectivity index (χ0n) is 6.99. The molecule has 0 saturated heterocycles. The normalized spacial score (nSPS) is 15.1. The van der Waals surface area contributed by atoms with Gasteiger partial charge in [-0.25, -0.2) is 0 Å². The number of hydrogen-bond acceptors (Lipinski definition) is 1. The molecule has 0 radical (unpaired) electrons. The molecule has 0 aromatic heterocycles. The SMILES string of the molecule is FC(F)(F)c1cc(Cl)c2c(c1)CCO2. The molecule has 0 N–H and O–H groups in total. The molecule has 0 spiro atoms. The summed E-state index contributed by atoms with van der Waals surface area (Å²) in [5, 5.41) is 0.0346. The maximum atomic E-state index is 12.3. The van der Waals surface area contributed by atoms with E-state index in [0.717, 1.165) is 12.1 Å². The minimum absolute atomic E-state index is 0.0346. The van der Waals surface area contributed by atoms with Gasteiger partial charge < -0.3 is 4.74 Å². The molecule has 0 atom stereocenters. The van der Waals surface area contributed by atoms with Crippen LogP contribution in [-0.2, 0) is 12.6 Å². The first-order valence-corrected chi connectivity index (χ1v) is 4.38. The van der Waals surface area contributed by atoms with Crippen LogP contribution in [0.15, 0.2) is 12.1 Å². The van der Waals surface area contributed by atoms with Crippen LogP contribution in [0.2, 0.25) is 5.02 Å². The molecule has 1 aliphatic heterocycles. The highest BCUT2D eigenvalue weighted by Crippen LogP contribution is 2.39. The summed E-state index contributed by atoms with van der Waals surface area (Å²) in [5.74, 6) is 0.389. The van der Waals surface area contributed by atoms with Crippen molar-refractivity contribution >= 4 is 11.6 Å². The van der Waals surface area contributed by atoms with Gasteiger partial charge in [0.05, 0.1) is 17.2 Å². The monoisotopic (exact) mass is 222 g/mol. The van der Waals surface area contributed by atoms with Crippen LogP contribution in [0.25, 0.3) is 0 Å². The molecule has 1 heterocycles. The largest absolute Gasteiger partial charge is 0.491 e. The Hall–Kier alpha value is -0.900. The van der Waals surface area contributed by atoms with Crippen LogP contribution in [0.5, 0.6) is 5.75 Å². The standard InChI is InChI=1S/C9H6ClF3O/c10-7-4-6(9(11,12)13)3-5-1-2-14-8(5)7/h3-4H,1-2H2. The first-order chi connectivity index (χ1) is 6.48. The molecule has 5 heteroatoms. The Kier molecular flexibility index (Phi) is 2.10. The van der Waals surface area contributed by atoms with Crippen molar-refractivity contribution in [2.45, 2.75) is 12.6 Å². The van der Waals surface area contributed by atoms with E-state index in [0.29, 0.717) is 24.3 Å². The predicted molar refractivity (Wildman–Crippen MR) is 45.7 cm³/mol. The molecule has 1 aliphatic rings. The van der Waals surface area contributed by atoms with E-state index < -0.39 is 11.7 Å². The van der Waals surface area contributed by atoms with Crippen molar-refractivity contribution in [2.75, 3.05) is 6.61 Å². The summed E-state index contributed by atoms with van der Waals surface area (Å²) in [5.41, 5.74) is -0.184. The molecule has 0 unspecified atom stereocenters. The lowest BCUT2D eigenvalue weighted by atomic mass is 10.1. The van der Waals surface area contributed by atoms with Gasteiger partial charge in [-0.15, -0.1) is 0 Å². The van der Waals surface area contributed by atoms with Gasteiger partial charge in [0.15, 0.2) is 0 Å². The second-order valence-corrected chi connectivity index (χ2v) is 3.45. The number of fused-ring (bicyclic) bond motifs is 1. The van der Waals surface area contributed by atoms with Gasteiger partial charge >= 0.3 is 6.18 Å². The number of hydrogen-bond donors (Lipinski definition) is 0. The molecule has 0 bridgehead atoms. The Balaban J connectivity index is 2.52. The van der Waals surface area contributed by atoms with Crippen LogP contribution in [-0.4, -0.2) is 6.61 Å². The van der Waals surface area contributed by atoms with E-state index in [2.05, 4.69) is 0 Å². The molecule has 1 nitrogen and oxygen atoms in total. The molecule has 1 aromatic rings. The summed E-state index contributed by atoms with van der Waals surface area (Å²) in [6, 6.07) is 1.99. The molecular formula is C9H6ClF3O. The van der Waals surface area contributed by atoms with Crippen molar-refractivity contribution in [3.63, 3.8) is 0 Å². The lowest BCUT2D eigenvalue weighted by molar-refractivity contribution is -0.137. The van der Waals surface area contributed by atoms with E-state index in [1.54, 1.807) is 0 Å². The van der Waals surface area contributed by atoms with Crippen LogP contribution in [0.1, 0.15) is 11.1 Å². The van der Waals surface area contributed by atoms with E-state index in [-0.39, 0.29) is 5.02 Å². The minimum Gasteiger partial charge on any atom is -0.491 e. The van der Waals surface area contributed by atoms with E-state index >= 15 is 0 Å². The Morgan fingerprint density at radius 3 is 2.64 bits per heavy atom. The van der Waals surface area contributed by atoms with Crippen LogP contribution >= 0.6 is 11.6 Å². The maximum Gasteiger partial charge on any atom is 0.416 e. The van der Waals surface area contributed by atoms with Crippen LogP contribution < -0.4 is 4.74 Å². The number of ether oxygens (including phenoxy) is 1. The Morgan fingerprint density at radius 2 is 2.00 bits per heavy atom. The van der Waals surface area contributed by atoms with Crippen molar-refractivity contribution < 1.29 is 17.9 Å².